The Hall–Kier alpha value is -1.36. The fraction of sp³-hybridized carbons (Fsp3) is 0.583. The Labute approximate surface area is 112 Å². The van der Waals surface area contributed by atoms with E-state index in [0.717, 1.165) is 25.9 Å². The van der Waals surface area contributed by atoms with E-state index in [9.17, 15) is 0 Å². The molecule has 0 atom stereocenters. The molecule has 18 heavy (non-hydrogen) atoms. The largest absolute Gasteiger partial charge is 0.351 e. The highest BCUT2D eigenvalue weighted by Gasteiger charge is 2.14. The standard InChI is InChI=1S/C12H18ClN5/c1-3-18(4-2)12-16-10(13)15-11(17-12)14-9-7-5-6-8-9/h5-6,9H,3-4,7-8H2,1-2H3,(H,14,15,16,17). The maximum atomic E-state index is 5.95. The first-order chi connectivity index (χ1) is 8.72. The Morgan fingerprint density at radius 1 is 1.22 bits per heavy atom. The van der Waals surface area contributed by atoms with Crippen molar-refractivity contribution in [3.8, 4) is 0 Å². The second-order valence-electron chi connectivity index (χ2n) is 4.18. The molecule has 0 spiro atoms. The fourth-order valence-electron chi connectivity index (χ4n) is 1.97. The summed E-state index contributed by atoms with van der Waals surface area (Å²) in [5.41, 5.74) is 0. The number of hydrogen-bond donors (Lipinski definition) is 1. The van der Waals surface area contributed by atoms with E-state index in [1.165, 1.54) is 0 Å². The molecular formula is C12H18ClN5. The lowest BCUT2D eigenvalue weighted by Crippen LogP contribution is -2.26. The van der Waals surface area contributed by atoms with E-state index in [1.54, 1.807) is 0 Å². The van der Waals surface area contributed by atoms with Gasteiger partial charge in [0, 0.05) is 19.1 Å². The van der Waals surface area contributed by atoms with Gasteiger partial charge in [0.15, 0.2) is 0 Å². The molecule has 0 radical (unpaired) electrons. The molecule has 0 aliphatic heterocycles. The van der Waals surface area contributed by atoms with E-state index in [1.807, 2.05) is 4.90 Å². The molecule has 1 aliphatic rings. The predicted molar refractivity (Wildman–Crippen MR) is 74.2 cm³/mol. The van der Waals surface area contributed by atoms with Crippen LogP contribution < -0.4 is 10.2 Å². The van der Waals surface area contributed by atoms with E-state index >= 15 is 0 Å². The molecule has 0 fully saturated rings. The van der Waals surface area contributed by atoms with Crippen molar-refractivity contribution in [2.45, 2.75) is 32.7 Å². The third-order valence-corrected chi connectivity index (χ3v) is 3.15. The first-order valence-corrected chi connectivity index (χ1v) is 6.68. The highest BCUT2D eigenvalue weighted by molar-refractivity contribution is 6.28. The van der Waals surface area contributed by atoms with Crippen LogP contribution in [-0.4, -0.2) is 34.1 Å². The average molecular weight is 268 g/mol. The normalized spacial score (nSPS) is 15.1. The van der Waals surface area contributed by atoms with E-state index in [-0.39, 0.29) is 5.28 Å². The van der Waals surface area contributed by atoms with Crippen molar-refractivity contribution in [1.29, 1.82) is 0 Å². The van der Waals surface area contributed by atoms with Crippen molar-refractivity contribution in [3.05, 3.63) is 17.4 Å². The van der Waals surface area contributed by atoms with Crippen LogP contribution in [0.3, 0.4) is 0 Å². The Morgan fingerprint density at radius 3 is 2.50 bits per heavy atom. The number of rotatable bonds is 5. The Morgan fingerprint density at radius 2 is 1.89 bits per heavy atom. The number of nitrogens with zero attached hydrogens (tertiary/aromatic N) is 4. The SMILES string of the molecule is CCN(CC)c1nc(Cl)nc(NC2CC=CC2)n1. The van der Waals surface area contributed by atoms with Crippen LogP contribution >= 0.6 is 11.6 Å². The Balaban J connectivity index is 2.14. The minimum Gasteiger partial charge on any atom is -0.351 e. The molecule has 1 N–H and O–H groups in total. The highest BCUT2D eigenvalue weighted by atomic mass is 35.5. The van der Waals surface area contributed by atoms with Crippen LogP contribution in [0.15, 0.2) is 12.2 Å². The summed E-state index contributed by atoms with van der Waals surface area (Å²) in [7, 11) is 0. The first kappa shape index (κ1) is 13.1. The van der Waals surface area contributed by atoms with Gasteiger partial charge in [-0.05, 0) is 38.3 Å². The number of aromatic nitrogens is 3. The quantitative estimate of drug-likeness (QED) is 0.831. The van der Waals surface area contributed by atoms with Crippen LogP contribution in [0.1, 0.15) is 26.7 Å². The van der Waals surface area contributed by atoms with Crippen molar-refractivity contribution < 1.29 is 0 Å². The lowest BCUT2D eigenvalue weighted by Gasteiger charge is -2.19. The number of hydrogen-bond acceptors (Lipinski definition) is 5. The van der Waals surface area contributed by atoms with Gasteiger partial charge in [-0.3, -0.25) is 0 Å². The second-order valence-corrected chi connectivity index (χ2v) is 4.52. The number of nitrogens with one attached hydrogen (secondary N) is 1. The second kappa shape index (κ2) is 6.00. The van der Waals surface area contributed by atoms with Crippen LogP contribution in [-0.2, 0) is 0 Å². The minimum atomic E-state index is 0.236. The summed E-state index contributed by atoms with van der Waals surface area (Å²) < 4.78 is 0. The monoisotopic (exact) mass is 267 g/mol. The molecular weight excluding hydrogens is 250 g/mol. The van der Waals surface area contributed by atoms with Crippen molar-refractivity contribution in [2.75, 3.05) is 23.3 Å². The summed E-state index contributed by atoms with van der Waals surface area (Å²) in [6.45, 7) is 5.83. The zero-order valence-electron chi connectivity index (χ0n) is 10.7. The predicted octanol–water partition coefficient (Wildman–Crippen LogP) is 2.50. The molecule has 0 saturated heterocycles. The van der Waals surface area contributed by atoms with Crippen LogP contribution in [0.5, 0.6) is 0 Å². The third kappa shape index (κ3) is 3.10. The minimum absolute atomic E-state index is 0.236. The van der Waals surface area contributed by atoms with Gasteiger partial charge >= 0.3 is 0 Å². The molecule has 1 aromatic heterocycles. The summed E-state index contributed by atoms with van der Waals surface area (Å²) in [5, 5.41) is 3.53. The molecule has 0 amide bonds. The van der Waals surface area contributed by atoms with Gasteiger partial charge in [-0.15, -0.1) is 0 Å². The molecule has 6 heteroatoms. The Kier molecular flexibility index (Phi) is 4.36. The van der Waals surface area contributed by atoms with Gasteiger partial charge in [-0.2, -0.15) is 15.0 Å². The van der Waals surface area contributed by atoms with Gasteiger partial charge in [-0.1, -0.05) is 12.2 Å². The zero-order chi connectivity index (χ0) is 13.0. The van der Waals surface area contributed by atoms with Crippen LogP contribution in [0.2, 0.25) is 5.28 Å². The van der Waals surface area contributed by atoms with Crippen molar-refractivity contribution in [3.63, 3.8) is 0 Å². The van der Waals surface area contributed by atoms with Crippen molar-refractivity contribution in [2.24, 2.45) is 0 Å². The van der Waals surface area contributed by atoms with E-state index in [4.69, 9.17) is 11.6 Å². The number of halogens is 1. The molecule has 1 heterocycles. The van der Waals surface area contributed by atoms with Gasteiger partial charge in [0.2, 0.25) is 17.2 Å². The molecule has 1 aromatic rings. The Bertz CT molecular complexity index is 422. The van der Waals surface area contributed by atoms with E-state index in [2.05, 4.69) is 46.3 Å². The maximum absolute atomic E-state index is 5.95. The summed E-state index contributed by atoms with van der Waals surface area (Å²) in [5.74, 6) is 1.19. The third-order valence-electron chi connectivity index (χ3n) is 2.98. The smallest absolute Gasteiger partial charge is 0.231 e. The zero-order valence-corrected chi connectivity index (χ0v) is 11.5. The molecule has 0 aromatic carbocycles. The summed E-state index contributed by atoms with van der Waals surface area (Å²) in [6, 6.07) is 0.369. The van der Waals surface area contributed by atoms with Crippen molar-refractivity contribution >= 4 is 23.5 Å². The lowest BCUT2D eigenvalue weighted by atomic mass is 10.2. The van der Waals surface area contributed by atoms with Gasteiger partial charge in [-0.25, -0.2) is 0 Å². The van der Waals surface area contributed by atoms with Gasteiger partial charge in [0.1, 0.15) is 0 Å². The topological polar surface area (TPSA) is 53.9 Å². The molecule has 2 rings (SSSR count). The van der Waals surface area contributed by atoms with Crippen molar-refractivity contribution in [1.82, 2.24) is 15.0 Å². The van der Waals surface area contributed by atoms with Crippen LogP contribution in [0, 0.1) is 0 Å². The number of anilines is 2. The van der Waals surface area contributed by atoms with Crippen LogP contribution in [0.4, 0.5) is 11.9 Å². The highest BCUT2D eigenvalue weighted by Crippen LogP contribution is 2.17. The van der Waals surface area contributed by atoms with Gasteiger partial charge < -0.3 is 10.2 Å². The van der Waals surface area contributed by atoms with E-state index < -0.39 is 0 Å². The summed E-state index contributed by atoms with van der Waals surface area (Å²) in [4.78, 5) is 14.8. The van der Waals surface area contributed by atoms with Gasteiger partial charge in [0.25, 0.3) is 0 Å². The first-order valence-electron chi connectivity index (χ1n) is 6.31. The summed E-state index contributed by atoms with van der Waals surface area (Å²) in [6.07, 6.45) is 6.32. The molecule has 98 valence electrons. The molecule has 0 saturated carbocycles. The average Bonchev–Trinajstić information content (AvgIpc) is 2.83. The van der Waals surface area contributed by atoms with Crippen LogP contribution in [0.25, 0.3) is 0 Å². The van der Waals surface area contributed by atoms with E-state index in [0.29, 0.717) is 17.9 Å². The lowest BCUT2D eigenvalue weighted by molar-refractivity contribution is 0.761. The summed E-state index contributed by atoms with van der Waals surface area (Å²) >= 11 is 5.95. The fourth-order valence-corrected chi connectivity index (χ4v) is 2.13. The van der Waals surface area contributed by atoms with Gasteiger partial charge in [0.05, 0.1) is 0 Å². The molecule has 0 unspecified atom stereocenters. The molecule has 5 nitrogen and oxygen atoms in total. The molecule has 1 aliphatic carbocycles. The maximum Gasteiger partial charge on any atom is 0.231 e. The molecule has 0 bridgehead atoms.